The van der Waals surface area contributed by atoms with Crippen molar-refractivity contribution in [3.63, 3.8) is 0 Å². The molecule has 1 heterocycles. The van der Waals surface area contributed by atoms with Crippen molar-refractivity contribution in [1.29, 1.82) is 0 Å². The van der Waals surface area contributed by atoms with Crippen LogP contribution in [0.25, 0.3) is 5.69 Å². The lowest BCUT2D eigenvalue weighted by Gasteiger charge is -2.07. The Hall–Kier alpha value is -1.36. The first-order chi connectivity index (χ1) is 9.20. The maximum absolute atomic E-state index is 4.07. The highest BCUT2D eigenvalue weighted by molar-refractivity contribution is 7.99. The fourth-order valence-corrected chi connectivity index (χ4v) is 2.56. The first kappa shape index (κ1) is 14.1. The van der Waals surface area contributed by atoms with E-state index in [2.05, 4.69) is 60.6 Å². The normalized spacial score (nSPS) is 11.2. The second kappa shape index (κ2) is 6.70. The molecule has 0 amide bonds. The molecule has 0 saturated heterocycles. The number of aromatic nitrogens is 4. The maximum Gasteiger partial charge on any atom is 0.214 e. The van der Waals surface area contributed by atoms with Gasteiger partial charge in [0.15, 0.2) is 0 Å². The van der Waals surface area contributed by atoms with Crippen LogP contribution in [0.3, 0.4) is 0 Å². The number of tetrazole rings is 1. The number of nitrogens with zero attached hydrogens (tertiary/aromatic N) is 4. The van der Waals surface area contributed by atoms with Crippen molar-refractivity contribution in [2.45, 2.75) is 50.4 Å². The van der Waals surface area contributed by atoms with Gasteiger partial charge in [-0.1, -0.05) is 51.1 Å². The molecule has 4 nitrogen and oxygen atoms in total. The Morgan fingerprint density at radius 3 is 2.58 bits per heavy atom. The zero-order chi connectivity index (χ0) is 13.7. The van der Waals surface area contributed by atoms with Crippen LogP contribution >= 0.6 is 11.8 Å². The number of thioether (sulfide) groups is 1. The molecule has 0 radical (unpaired) electrons. The van der Waals surface area contributed by atoms with Gasteiger partial charge in [-0.2, -0.15) is 4.68 Å². The minimum atomic E-state index is 0.466. The van der Waals surface area contributed by atoms with Crippen LogP contribution in [-0.2, 0) is 6.42 Å². The van der Waals surface area contributed by atoms with E-state index in [1.165, 1.54) is 18.4 Å². The summed E-state index contributed by atoms with van der Waals surface area (Å²) in [7, 11) is 0. The fraction of sp³-hybridized carbons (Fsp3) is 0.500. The van der Waals surface area contributed by atoms with E-state index in [4.69, 9.17) is 0 Å². The van der Waals surface area contributed by atoms with E-state index in [0.717, 1.165) is 17.3 Å². The second-order valence-electron chi connectivity index (χ2n) is 4.81. The molecule has 5 heteroatoms. The average molecular weight is 276 g/mol. The van der Waals surface area contributed by atoms with Crippen molar-refractivity contribution in [3.05, 3.63) is 29.8 Å². The van der Waals surface area contributed by atoms with Crippen molar-refractivity contribution >= 4 is 11.8 Å². The summed E-state index contributed by atoms with van der Waals surface area (Å²) in [5, 5.41) is 13.2. The molecule has 1 aromatic heterocycles. The molecule has 0 aliphatic carbocycles. The van der Waals surface area contributed by atoms with E-state index in [1.807, 2.05) is 0 Å². The van der Waals surface area contributed by atoms with Gasteiger partial charge in [0, 0.05) is 5.25 Å². The SMILES string of the molecule is CCCCc1ccc(-n2nnnc2SC(C)C)cc1. The zero-order valence-electron chi connectivity index (χ0n) is 11.7. The molecule has 2 rings (SSSR count). The number of unbranched alkanes of at least 4 members (excludes halogenated alkanes) is 1. The molecule has 0 N–H and O–H groups in total. The van der Waals surface area contributed by atoms with Gasteiger partial charge in [-0.05, 0) is 41.0 Å². The molecule has 2 aromatic rings. The van der Waals surface area contributed by atoms with Gasteiger partial charge in [-0.3, -0.25) is 0 Å². The van der Waals surface area contributed by atoms with Crippen LogP contribution < -0.4 is 0 Å². The highest BCUT2D eigenvalue weighted by atomic mass is 32.2. The van der Waals surface area contributed by atoms with E-state index >= 15 is 0 Å². The Labute approximate surface area is 118 Å². The molecule has 0 aliphatic heterocycles. The molecule has 1 aromatic carbocycles. The van der Waals surface area contributed by atoms with Crippen LogP contribution in [0.1, 0.15) is 39.2 Å². The van der Waals surface area contributed by atoms with Gasteiger partial charge in [-0.25, -0.2) is 0 Å². The van der Waals surface area contributed by atoms with Crippen molar-refractivity contribution in [2.75, 3.05) is 0 Å². The highest BCUT2D eigenvalue weighted by Crippen LogP contribution is 2.22. The van der Waals surface area contributed by atoms with Crippen molar-refractivity contribution in [1.82, 2.24) is 20.2 Å². The Morgan fingerprint density at radius 1 is 1.21 bits per heavy atom. The maximum atomic E-state index is 4.07. The predicted molar refractivity (Wildman–Crippen MR) is 78.8 cm³/mol. The van der Waals surface area contributed by atoms with Crippen LogP contribution in [0.2, 0.25) is 0 Å². The van der Waals surface area contributed by atoms with Crippen LogP contribution in [0.15, 0.2) is 29.4 Å². The van der Waals surface area contributed by atoms with Crippen LogP contribution in [0.5, 0.6) is 0 Å². The summed E-state index contributed by atoms with van der Waals surface area (Å²) in [5.74, 6) is 0. The third kappa shape index (κ3) is 3.80. The number of benzene rings is 1. The minimum absolute atomic E-state index is 0.466. The predicted octanol–water partition coefficient (Wildman–Crippen LogP) is 3.51. The summed E-state index contributed by atoms with van der Waals surface area (Å²) >= 11 is 1.67. The highest BCUT2D eigenvalue weighted by Gasteiger charge is 2.10. The smallest absolute Gasteiger partial charge is 0.188 e. The summed E-state index contributed by atoms with van der Waals surface area (Å²) in [6, 6.07) is 8.50. The Bertz CT molecular complexity index is 504. The third-order valence-electron chi connectivity index (χ3n) is 2.78. The van der Waals surface area contributed by atoms with E-state index in [0.29, 0.717) is 5.25 Å². The van der Waals surface area contributed by atoms with Gasteiger partial charge in [-0.15, -0.1) is 5.10 Å². The molecular formula is C14H20N4S. The van der Waals surface area contributed by atoms with E-state index < -0.39 is 0 Å². The molecule has 102 valence electrons. The summed E-state index contributed by atoms with van der Waals surface area (Å²) in [5.41, 5.74) is 2.39. The largest absolute Gasteiger partial charge is 0.214 e. The van der Waals surface area contributed by atoms with Gasteiger partial charge in [0.25, 0.3) is 0 Å². The van der Waals surface area contributed by atoms with E-state index in [9.17, 15) is 0 Å². The molecule has 0 spiro atoms. The molecule has 0 aliphatic rings. The second-order valence-corrected chi connectivity index (χ2v) is 6.35. The molecule has 19 heavy (non-hydrogen) atoms. The first-order valence-electron chi connectivity index (χ1n) is 6.75. The summed E-state index contributed by atoms with van der Waals surface area (Å²) in [6.45, 7) is 6.49. The van der Waals surface area contributed by atoms with Gasteiger partial charge in [0.1, 0.15) is 0 Å². The topological polar surface area (TPSA) is 43.6 Å². The average Bonchev–Trinajstić information content (AvgIpc) is 2.84. The standard InChI is InChI=1S/C14H20N4S/c1-4-5-6-12-7-9-13(10-8-12)18-14(15-16-17-18)19-11(2)3/h7-11H,4-6H2,1-3H3. The van der Waals surface area contributed by atoms with Gasteiger partial charge in [0.2, 0.25) is 5.16 Å². The van der Waals surface area contributed by atoms with Crippen molar-refractivity contribution in [2.24, 2.45) is 0 Å². The van der Waals surface area contributed by atoms with Crippen LogP contribution in [-0.4, -0.2) is 25.5 Å². The molecule has 0 unspecified atom stereocenters. The number of hydrogen-bond donors (Lipinski definition) is 0. The van der Waals surface area contributed by atoms with Crippen LogP contribution in [0.4, 0.5) is 0 Å². The molecule has 0 bridgehead atoms. The van der Waals surface area contributed by atoms with Crippen molar-refractivity contribution < 1.29 is 0 Å². The minimum Gasteiger partial charge on any atom is -0.188 e. The Kier molecular flexibility index (Phi) is 4.96. The van der Waals surface area contributed by atoms with Crippen molar-refractivity contribution in [3.8, 4) is 5.69 Å². The number of rotatable bonds is 6. The van der Waals surface area contributed by atoms with Gasteiger partial charge >= 0.3 is 0 Å². The zero-order valence-corrected chi connectivity index (χ0v) is 12.5. The lowest BCUT2D eigenvalue weighted by Crippen LogP contribution is -2.01. The quantitative estimate of drug-likeness (QED) is 0.757. The fourth-order valence-electron chi connectivity index (χ4n) is 1.81. The van der Waals surface area contributed by atoms with E-state index in [1.54, 1.807) is 16.4 Å². The monoisotopic (exact) mass is 276 g/mol. The lowest BCUT2D eigenvalue weighted by molar-refractivity contribution is 0.753. The number of aryl methyl sites for hydroxylation is 1. The summed E-state index contributed by atoms with van der Waals surface area (Å²) < 4.78 is 1.80. The molecular weight excluding hydrogens is 256 g/mol. The van der Waals surface area contributed by atoms with E-state index in [-0.39, 0.29) is 0 Å². The third-order valence-corrected chi connectivity index (χ3v) is 3.72. The molecule has 0 fully saturated rings. The molecule has 0 saturated carbocycles. The lowest BCUT2D eigenvalue weighted by atomic mass is 10.1. The van der Waals surface area contributed by atoms with Gasteiger partial charge < -0.3 is 0 Å². The Morgan fingerprint density at radius 2 is 1.95 bits per heavy atom. The summed E-state index contributed by atoms with van der Waals surface area (Å²) in [4.78, 5) is 0. The van der Waals surface area contributed by atoms with Gasteiger partial charge in [0.05, 0.1) is 5.69 Å². The molecule has 0 atom stereocenters. The Balaban J connectivity index is 2.15. The number of hydrogen-bond acceptors (Lipinski definition) is 4. The van der Waals surface area contributed by atoms with Crippen LogP contribution in [0, 0.1) is 0 Å². The summed E-state index contributed by atoms with van der Waals surface area (Å²) in [6.07, 6.45) is 3.60. The first-order valence-corrected chi connectivity index (χ1v) is 7.63.